The van der Waals surface area contributed by atoms with E-state index in [1.165, 1.54) is 12.7 Å². The Labute approximate surface area is 218 Å². The van der Waals surface area contributed by atoms with Gasteiger partial charge in [-0.05, 0) is 46.0 Å². The Balaban J connectivity index is 1.34. The molecule has 0 unspecified atom stereocenters. The SMILES string of the molecule is On1cnc(=NCCNc2nc(=S)[nH][nH]2)nc1SSc1nc(=NCCNc2nc(=S)[nH][nH]2)ncn1O. The third-order valence-electron chi connectivity index (χ3n) is 3.86. The van der Waals surface area contributed by atoms with Crippen LogP contribution in [0.1, 0.15) is 0 Å². The van der Waals surface area contributed by atoms with Crippen molar-refractivity contribution in [3.63, 3.8) is 0 Å². The third kappa shape index (κ3) is 7.37. The van der Waals surface area contributed by atoms with Crippen LogP contribution in [-0.2, 0) is 0 Å². The lowest BCUT2D eigenvalue weighted by Gasteiger charge is -2.06. The van der Waals surface area contributed by atoms with Gasteiger partial charge in [-0.15, -0.1) is 9.46 Å². The van der Waals surface area contributed by atoms with Gasteiger partial charge in [-0.3, -0.25) is 20.4 Å². The van der Waals surface area contributed by atoms with E-state index in [4.69, 9.17) is 24.4 Å². The van der Waals surface area contributed by atoms with Gasteiger partial charge >= 0.3 is 0 Å². The van der Waals surface area contributed by atoms with Gasteiger partial charge in [0.25, 0.3) is 0 Å². The summed E-state index contributed by atoms with van der Waals surface area (Å²) in [6, 6.07) is 0. The molecule has 0 saturated carbocycles. The topological polar surface area (TPSA) is 240 Å². The third-order valence-corrected chi connectivity index (χ3v) is 6.33. The quantitative estimate of drug-likeness (QED) is 0.0501. The van der Waals surface area contributed by atoms with Gasteiger partial charge in [0.05, 0.1) is 13.1 Å². The standard InChI is InChI=1S/C14H18N16O2S4/c31-29-5-19-7(15-1-3-17-9-21-11(33)27-25-9)23-13(29)35-36-14-24-8(20-6-30(14)32)16-2-4-18-10-22-12(34)28-26-10/h5-6,31-32H,1-4H2,(H3,17,21,25,27,33)(H3,18,22,26,28,34). The van der Waals surface area contributed by atoms with Gasteiger partial charge in [-0.2, -0.15) is 29.9 Å². The van der Waals surface area contributed by atoms with E-state index in [0.29, 0.717) is 47.6 Å². The number of hydrogen-bond donors (Lipinski definition) is 8. The second-order valence-corrected chi connectivity index (χ2v) is 9.22. The summed E-state index contributed by atoms with van der Waals surface area (Å²) in [6.07, 6.45) is 2.33. The van der Waals surface area contributed by atoms with Crippen LogP contribution in [0.15, 0.2) is 33.0 Å². The Bertz CT molecular complexity index is 1430. The number of H-pyrrole nitrogens is 4. The summed E-state index contributed by atoms with van der Waals surface area (Å²) < 4.78 is 2.15. The van der Waals surface area contributed by atoms with E-state index in [1.54, 1.807) is 0 Å². The van der Waals surface area contributed by atoms with Crippen molar-refractivity contribution in [3.05, 3.63) is 33.4 Å². The molecule has 36 heavy (non-hydrogen) atoms. The largest absolute Gasteiger partial charge is 0.425 e. The van der Waals surface area contributed by atoms with E-state index in [1.807, 2.05) is 0 Å². The molecule has 0 saturated heterocycles. The molecule has 4 heterocycles. The van der Waals surface area contributed by atoms with Crippen LogP contribution in [0.2, 0.25) is 0 Å². The lowest BCUT2D eigenvalue weighted by atomic mass is 10.6. The van der Waals surface area contributed by atoms with Crippen molar-refractivity contribution < 1.29 is 10.4 Å². The highest BCUT2D eigenvalue weighted by atomic mass is 33.1. The highest BCUT2D eigenvalue weighted by Crippen LogP contribution is 2.33. The molecule has 0 aliphatic heterocycles. The van der Waals surface area contributed by atoms with Crippen molar-refractivity contribution in [3.8, 4) is 0 Å². The molecule has 0 amide bonds. The normalized spacial score (nSPS) is 12.2. The first kappa shape index (κ1) is 25.3. The minimum absolute atomic E-state index is 0.163. The van der Waals surface area contributed by atoms with E-state index in [9.17, 15) is 10.4 Å². The fourth-order valence-electron chi connectivity index (χ4n) is 2.35. The van der Waals surface area contributed by atoms with Gasteiger partial charge in [0.15, 0.2) is 0 Å². The monoisotopic (exact) mass is 570 g/mol. The second-order valence-electron chi connectivity index (χ2n) is 6.38. The molecule has 0 aromatic carbocycles. The average molecular weight is 571 g/mol. The zero-order valence-corrected chi connectivity index (χ0v) is 21.2. The smallest absolute Gasteiger partial charge is 0.248 e. The van der Waals surface area contributed by atoms with Crippen molar-refractivity contribution in [2.75, 3.05) is 36.8 Å². The van der Waals surface area contributed by atoms with Crippen molar-refractivity contribution >= 4 is 57.9 Å². The molecule has 4 rings (SSSR count). The summed E-state index contributed by atoms with van der Waals surface area (Å²) >= 11 is 9.76. The molecular formula is C14H18N16O2S4. The van der Waals surface area contributed by atoms with Crippen LogP contribution < -0.4 is 21.9 Å². The molecule has 0 atom stereocenters. The molecule has 4 aromatic rings. The van der Waals surface area contributed by atoms with Crippen molar-refractivity contribution in [2.45, 2.75) is 10.3 Å². The van der Waals surface area contributed by atoms with Crippen molar-refractivity contribution in [1.82, 2.24) is 59.8 Å². The summed E-state index contributed by atoms with van der Waals surface area (Å²) in [5.74, 6) is 0.994. The number of aromatic nitrogens is 12. The summed E-state index contributed by atoms with van der Waals surface area (Å²) in [5.41, 5.74) is 0.334. The summed E-state index contributed by atoms with van der Waals surface area (Å²) in [4.78, 5) is 32.8. The van der Waals surface area contributed by atoms with Crippen molar-refractivity contribution in [1.29, 1.82) is 0 Å². The van der Waals surface area contributed by atoms with E-state index in [0.717, 1.165) is 31.0 Å². The molecule has 0 aliphatic carbocycles. The van der Waals surface area contributed by atoms with Crippen LogP contribution in [0.3, 0.4) is 0 Å². The predicted octanol–water partition coefficient (Wildman–Crippen LogP) is -0.269. The van der Waals surface area contributed by atoms with Crippen LogP contribution >= 0.6 is 46.0 Å². The fourth-order valence-corrected chi connectivity index (χ4v) is 4.40. The molecule has 190 valence electrons. The number of anilines is 2. The van der Waals surface area contributed by atoms with Crippen LogP contribution in [0.4, 0.5) is 11.9 Å². The number of nitrogens with zero attached hydrogens (tertiary/aromatic N) is 10. The van der Waals surface area contributed by atoms with E-state index in [-0.39, 0.29) is 21.5 Å². The van der Waals surface area contributed by atoms with E-state index < -0.39 is 0 Å². The highest BCUT2D eigenvalue weighted by Gasteiger charge is 2.09. The molecule has 18 nitrogen and oxygen atoms in total. The first-order valence-electron chi connectivity index (χ1n) is 9.89. The Morgan fingerprint density at radius 2 is 1.19 bits per heavy atom. The zero-order valence-electron chi connectivity index (χ0n) is 18.0. The molecule has 0 fully saturated rings. The number of hydrogen-bond acceptors (Lipinski definition) is 16. The maximum absolute atomic E-state index is 10.0. The van der Waals surface area contributed by atoms with Gasteiger partial charge in [-0.25, -0.2) is 9.98 Å². The molecule has 0 radical (unpaired) electrons. The van der Waals surface area contributed by atoms with Crippen LogP contribution in [0.5, 0.6) is 0 Å². The van der Waals surface area contributed by atoms with Gasteiger partial charge in [0.1, 0.15) is 12.7 Å². The molecule has 0 aliphatic rings. The Morgan fingerprint density at radius 3 is 1.58 bits per heavy atom. The molecule has 0 bridgehead atoms. The molecule has 22 heteroatoms. The molecule has 0 spiro atoms. The van der Waals surface area contributed by atoms with Crippen LogP contribution in [0, 0.1) is 9.54 Å². The van der Waals surface area contributed by atoms with E-state index >= 15 is 0 Å². The molecular weight excluding hydrogens is 553 g/mol. The van der Waals surface area contributed by atoms with Crippen molar-refractivity contribution in [2.24, 2.45) is 9.98 Å². The van der Waals surface area contributed by atoms with Crippen LogP contribution in [-0.4, -0.2) is 96.4 Å². The highest BCUT2D eigenvalue weighted by molar-refractivity contribution is 8.76. The number of aromatic amines is 4. The van der Waals surface area contributed by atoms with E-state index in [2.05, 4.69) is 70.9 Å². The lowest BCUT2D eigenvalue weighted by Crippen LogP contribution is -2.20. The fraction of sp³-hybridized carbons (Fsp3) is 0.286. The Hall–Kier alpha value is -3.76. The van der Waals surface area contributed by atoms with Gasteiger partial charge < -0.3 is 21.0 Å². The summed E-state index contributed by atoms with van der Waals surface area (Å²) in [5, 5.41) is 37.3. The first-order valence-corrected chi connectivity index (χ1v) is 12.9. The summed E-state index contributed by atoms with van der Waals surface area (Å²) in [6.45, 7) is 1.59. The number of rotatable bonds is 11. The molecule has 4 aromatic heterocycles. The maximum atomic E-state index is 10.0. The first-order chi connectivity index (χ1) is 17.5. The van der Waals surface area contributed by atoms with Crippen LogP contribution in [0.25, 0.3) is 0 Å². The average Bonchev–Trinajstić information content (AvgIpc) is 3.48. The maximum Gasteiger partial charge on any atom is 0.248 e. The minimum Gasteiger partial charge on any atom is -0.425 e. The second kappa shape index (κ2) is 12.3. The number of nitrogens with one attached hydrogen (secondary N) is 6. The Morgan fingerprint density at radius 1 is 0.750 bits per heavy atom. The Kier molecular flexibility index (Phi) is 8.64. The molecule has 8 N–H and O–H groups in total. The summed E-state index contributed by atoms with van der Waals surface area (Å²) in [7, 11) is 2.05. The van der Waals surface area contributed by atoms with Gasteiger partial charge in [0, 0.05) is 13.1 Å². The predicted molar refractivity (Wildman–Crippen MR) is 132 cm³/mol. The zero-order chi connectivity index (χ0) is 25.3. The van der Waals surface area contributed by atoms with Gasteiger partial charge in [0.2, 0.25) is 43.0 Å². The minimum atomic E-state index is 0.163. The van der Waals surface area contributed by atoms with Gasteiger partial charge in [-0.1, -0.05) is 0 Å². The lowest BCUT2D eigenvalue weighted by molar-refractivity contribution is 0.146.